The summed E-state index contributed by atoms with van der Waals surface area (Å²) in [6.45, 7) is 1.86. The van der Waals surface area contributed by atoms with Crippen molar-refractivity contribution in [2.75, 3.05) is 0 Å². The van der Waals surface area contributed by atoms with E-state index in [1.165, 1.54) is 5.56 Å². The van der Waals surface area contributed by atoms with Crippen LogP contribution in [0.3, 0.4) is 0 Å². The second-order valence-electron chi connectivity index (χ2n) is 5.09. The zero-order chi connectivity index (χ0) is 15.1. The SMILES string of the molecule is CC(CC(=O)c1ccccc1)NC(=O)CCc1ccsc1. The Balaban J connectivity index is 1.74. The third-order valence-corrected chi connectivity index (χ3v) is 3.95. The summed E-state index contributed by atoms with van der Waals surface area (Å²) in [6.07, 6.45) is 1.53. The fourth-order valence-electron chi connectivity index (χ4n) is 2.11. The number of hydrogen-bond acceptors (Lipinski definition) is 3. The van der Waals surface area contributed by atoms with Crippen LogP contribution >= 0.6 is 11.3 Å². The van der Waals surface area contributed by atoms with Crippen molar-refractivity contribution in [3.05, 3.63) is 58.3 Å². The summed E-state index contributed by atoms with van der Waals surface area (Å²) in [4.78, 5) is 23.9. The van der Waals surface area contributed by atoms with E-state index in [0.29, 0.717) is 18.4 Å². The molecule has 2 rings (SSSR count). The van der Waals surface area contributed by atoms with E-state index in [0.717, 1.165) is 6.42 Å². The van der Waals surface area contributed by atoms with Gasteiger partial charge in [-0.05, 0) is 35.7 Å². The van der Waals surface area contributed by atoms with Crippen LogP contribution in [0.25, 0.3) is 0 Å². The molecule has 1 amide bonds. The molecule has 1 aromatic heterocycles. The molecule has 0 aliphatic heterocycles. The highest BCUT2D eigenvalue weighted by atomic mass is 32.1. The van der Waals surface area contributed by atoms with E-state index in [4.69, 9.17) is 0 Å². The Labute approximate surface area is 129 Å². The fraction of sp³-hybridized carbons (Fsp3) is 0.294. The third kappa shape index (κ3) is 5.16. The molecule has 4 heteroatoms. The molecular formula is C17H19NO2S. The molecule has 110 valence electrons. The van der Waals surface area contributed by atoms with Crippen molar-refractivity contribution in [2.45, 2.75) is 32.2 Å². The highest BCUT2D eigenvalue weighted by Gasteiger charge is 2.13. The van der Waals surface area contributed by atoms with Gasteiger partial charge in [0.1, 0.15) is 0 Å². The molecule has 0 aliphatic carbocycles. The highest BCUT2D eigenvalue weighted by Crippen LogP contribution is 2.09. The van der Waals surface area contributed by atoms with Crippen LogP contribution in [0.4, 0.5) is 0 Å². The second-order valence-corrected chi connectivity index (χ2v) is 5.87. The Bertz CT molecular complexity index is 578. The van der Waals surface area contributed by atoms with Crippen molar-refractivity contribution in [2.24, 2.45) is 0 Å². The van der Waals surface area contributed by atoms with E-state index in [2.05, 4.69) is 10.7 Å². The summed E-state index contributed by atoms with van der Waals surface area (Å²) in [5.41, 5.74) is 1.88. The standard InChI is InChI=1S/C17H19NO2S/c1-13(11-16(19)15-5-3-2-4-6-15)18-17(20)8-7-14-9-10-21-12-14/h2-6,9-10,12-13H,7-8,11H2,1H3,(H,18,20). The number of ketones is 1. The lowest BCUT2D eigenvalue weighted by Crippen LogP contribution is -2.34. The summed E-state index contributed by atoms with van der Waals surface area (Å²) in [5.74, 6) is 0.0517. The van der Waals surface area contributed by atoms with E-state index >= 15 is 0 Å². The molecule has 2 aromatic rings. The number of carbonyl (C=O) groups is 2. The lowest BCUT2D eigenvalue weighted by atomic mass is 10.0. The molecule has 0 radical (unpaired) electrons. The minimum absolute atomic E-state index is 0.00504. The summed E-state index contributed by atoms with van der Waals surface area (Å²) in [6, 6.07) is 11.1. The minimum atomic E-state index is -0.146. The van der Waals surface area contributed by atoms with Gasteiger partial charge in [-0.25, -0.2) is 0 Å². The van der Waals surface area contributed by atoms with E-state index in [1.54, 1.807) is 23.5 Å². The Morgan fingerprint density at radius 1 is 1.19 bits per heavy atom. The maximum absolute atomic E-state index is 12.0. The van der Waals surface area contributed by atoms with Crippen LogP contribution in [0.2, 0.25) is 0 Å². The lowest BCUT2D eigenvalue weighted by molar-refractivity contribution is -0.121. The lowest BCUT2D eigenvalue weighted by Gasteiger charge is -2.13. The third-order valence-electron chi connectivity index (χ3n) is 3.22. The van der Waals surface area contributed by atoms with Crippen molar-refractivity contribution in [3.63, 3.8) is 0 Å². The van der Waals surface area contributed by atoms with Crippen molar-refractivity contribution >= 4 is 23.0 Å². The molecule has 1 unspecified atom stereocenters. The van der Waals surface area contributed by atoms with E-state index in [1.807, 2.05) is 36.6 Å². The molecule has 1 N–H and O–H groups in total. The van der Waals surface area contributed by atoms with Crippen molar-refractivity contribution in [1.29, 1.82) is 0 Å². The van der Waals surface area contributed by atoms with Gasteiger partial charge < -0.3 is 5.32 Å². The van der Waals surface area contributed by atoms with Gasteiger partial charge in [-0.1, -0.05) is 30.3 Å². The van der Waals surface area contributed by atoms with Crippen LogP contribution in [0.15, 0.2) is 47.2 Å². The van der Waals surface area contributed by atoms with Crippen LogP contribution in [0.5, 0.6) is 0 Å². The highest BCUT2D eigenvalue weighted by molar-refractivity contribution is 7.07. The molecule has 0 saturated heterocycles. The first-order valence-corrected chi connectivity index (χ1v) is 7.98. The van der Waals surface area contributed by atoms with Crippen LogP contribution in [0, 0.1) is 0 Å². The molecule has 1 aromatic carbocycles. The minimum Gasteiger partial charge on any atom is -0.353 e. The molecule has 1 heterocycles. The zero-order valence-corrected chi connectivity index (χ0v) is 12.9. The van der Waals surface area contributed by atoms with Crippen LogP contribution in [-0.4, -0.2) is 17.7 Å². The first-order valence-electron chi connectivity index (χ1n) is 7.04. The maximum atomic E-state index is 12.0. The first-order chi connectivity index (χ1) is 10.1. The summed E-state index contributed by atoms with van der Waals surface area (Å²) in [7, 11) is 0. The van der Waals surface area contributed by atoms with E-state index in [-0.39, 0.29) is 17.7 Å². The van der Waals surface area contributed by atoms with Crippen LogP contribution in [-0.2, 0) is 11.2 Å². The number of hydrogen-bond donors (Lipinski definition) is 1. The van der Waals surface area contributed by atoms with Crippen LogP contribution in [0.1, 0.15) is 35.7 Å². The average Bonchev–Trinajstić information content (AvgIpc) is 2.99. The van der Waals surface area contributed by atoms with Crippen LogP contribution < -0.4 is 5.32 Å². The van der Waals surface area contributed by atoms with Crippen molar-refractivity contribution in [3.8, 4) is 0 Å². The number of nitrogens with one attached hydrogen (secondary N) is 1. The molecule has 0 aliphatic rings. The van der Waals surface area contributed by atoms with Gasteiger partial charge in [0.2, 0.25) is 5.91 Å². The van der Waals surface area contributed by atoms with Gasteiger partial charge >= 0.3 is 0 Å². The van der Waals surface area contributed by atoms with Crippen molar-refractivity contribution < 1.29 is 9.59 Å². The molecule has 21 heavy (non-hydrogen) atoms. The number of aryl methyl sites for hydroxylation is 1. The predicted octanol–water partition coefficient (Wildman–Crippen LogP) is 3.46. The largest absolute Gasteiger partial charge is 0.353 e. The van der Waals surface area contributed by atoms with E-state index in [9.17, 15) is 9.59 Å². The van der Waals surface area contributed by atoms with Gasteiger partial charge in [0.15, 0.2) is 5.78 Å². The summed E-state index contributed by atoms with van der Waals surface area (Å²) in [5, 5.41) is 6.95. The maximum Gasteiger partial charge on any atom is 0.220 e. The topological polar surface area (TPSA) is 46.2 Å². The molecule has 0 fully saturated rings. The normalized spacial score (nSPS) is 11.9. The van der Waals surface area contributed by atoms with Gasteiger partial charge in [-0.15, -0.1) is 0 Å². The molecule has 1 atom stereocenters. The quantitative estimate of drug-likeness (QED) is 0.796. The second kappa shape index (κ2) is 7.74. The summed E-state index contributed by atoms with van der Waals surface area (Å²) >= 11 is 1.63. The first kappa shape index (κ1) is 15.4. The van der Waals surface area contributed by atoms with Crippen molar-refractivity contribution in [1.82, 2.24) is 5.32 Å². The Morgan fingerprint density at radius 2 is 1.95 bits per heavy atom. The van der Waals surface area contributed by atoms with Gasteiger partial charge in [0.25, 0.3) is 0 Å². The van der Waals surface area contributed by atoms with Gasteiger partial charge in [-0.3, -0.25) is 9.59 Å². The fourth-order valence-corrected chi connectivity index (χ4v) is 2.81. The number of benzene rings is 1. The Morgan fingerprint density at radius 3 is 2.62 bits per heavy atom. The molecule has 0 saturated carbocycles. The number of carbonyl (C=O) groups excluding carboxylic acids is 2. The average molecular weight is 301 g/mol. The summed E-state index contributed by atoms with van der Waals surface area (Å²) < 4.78 is 0. The molecule has 0 spiro atoms. The Hall–Kier alpha value is -1.94. The number of rotatable bonds is 7. The van der Waals surface area contributed by atoms with Gasteiger partial charge in [0, 0.05) is 24.4 Å². The number of thiophene rings is 1. The number of Topliss-reactive ketones (excluding diaryl/α,β-unsaturated/α-hetero) is 1. The van der Waals surface area contributed by atoms with Gasteiger partial charge in [0.05, 0.1) is 0 Å². The Kier molecular flexibility index (Phi) is 5.69. The van der Waals surface area contributed by atoms with Gasteiger partial charge in [-0.2, -0.15) is 11.3 Å². The number of amides is 1. The smallest absolute Gasteiger partial charge is 0.220 e. The monoisotopic (exact) mass is 301 g/mol. The molecular weight excluding hydrogens is 282 g/mol. The predicted molar refractivity (Wildman–Crippen MR) is 85.6 cm³/mol. The van der Waals surface area contributed by atoms with E-state index < -0.39 is 0 Å². The molecule has 0 bridgehead atoms. The zero-order valence-electron chi connectivity index (χ0n) is 12.0. The molecule has 3 nitrogen and oxygen atoms in total.